The third kappa shape index (κ3) is 4.64. The first-order chi connectivity index (χ1) is 15.8. The predicted octanol–water partition coefficient (Wildman–Crippen LogP) is 4.35. The van der Waals surface area contributed by atoms with Gasteiger partial charge in [-0.15, -0.1) is 0 Å². The molecule has 0 aliphatic heterocycles. The van der Waals surface area contributed by atoms with Gasteiger partial charge in [-0.05, 0) is 80.9 Å². The molecule has 0 saturated heterocycles. The molecule has 7 nitrogen and oxygen atoms in total. The Morgan fingerprint density at radius 2 is 1.85 bits per heavy atom. The van der Waals surface area contributed by atoms with Gasteiger partial charge in [-0.1, -0.05) is 30.3 Å². The van der Waals surface area contributed by atoms with Crippen LogP contribution in [0.2, 0.25) is 5.02 Å². The standard InChI is InChI=1S/C24H29ClN4O3S/c1-2-5-29-21(31)18-4-3-17(25)9-19(18)26-23(29)33-13-20(30)27-22(32)28-24-10-14-6-15(11-24)8-16(7-14)12-24/h3-4,9,14-16H,2,5-8,10-13H2,1H3,(H2,27,28,30,32). The summed E-state index contributed by atoms with van der Waals surface area (Å²) in [6, 6.07) is 4.59. The van der Waals surface area contributed by atoms with Gasteiger partial charge in [-0.3, -0.25) is 19.5 Å². The van der Waals surface area contributed by atoms with Crippen molar-refractivity contribution in [2.45, 2.75) is 69.1 Å². The Balaban J connectivity index is 1.24. The summed E-state index contributed by atoms with van der Waals surface area (Å²) >= 11 is 7.23. The van der Waals surface area contributed by atoms with Crippen molar-refractivity contribution in [3.8, 4) is 0 Å². The number of imide groups is 1. The number of hydrogen-bond acceptors (Lipinski definition) is 5. The van der Waals surface area contributed by atoms with Crippen molar-refractivity contribution >= 4 is 46.2 Å². The molecule has 4 fully saturated rings. The van der Waals surface area contributed by atoms with E-state index in [0.29, 0.717) is 45.4 Å². The molecular formula is C24H29ClN4O3S. The Morgan fingerprint density at radius 3 is 2.48 bits per heavy atom. The summed E-state index contributed by atoms with van der Waals surface area (Å²) in [6.45, 7) is 2.48. The number of benzene rings is 1. The number of rotatable bonds is 6. The molecule has 9 heteroatoms. The lowest BCUT2D eigenvalue weighted by atomic mass is 9.53. The SMILES string of the molecule is CCCn1c(SCC(=O)NC(=O)NC23CC4CC(CC(C4)C2)C3)nc2cc(Cl)ccc2c1=O. The van der Waals surface area contributed by atoms with Gasteiger partial charge < -0.3 is 5.32 Å². The second-order valence-corrected chi connectivity index (χ2v) is 11.4. The van der Waals surface area contributed by atoms with Crippen LogP contribution in [-0.2, 0) is 11.3 Å². The zero-order chi connectivity index (χ0) is 23.2. The molecule has 4 saturated carbocycles. The summed E-state index contributed by atoms with van der Waals surface area (Å²) in [5.41, 5.74) is 0.204. The fourth-order valence-corrected chi connectivity index (χ4v) is 7.53. The molecule has 3 amide bonds. The minimum absolute atomic E-state index is 0.00345. The highest BCUT2D eigenvalue weighted by Crippen LogP contribution is 2.55. The van der Waals surface area contributed by atoms with Crippen LogP contribution in [0.5, 0.6) is 0 Å². The van der Waals surface area contributed by atoms with E-state index in [0.717, 1.165) is 37.4 Å². The molecule has 6 rings (SSSR count). The first-order valence-corrected chi connectivity index (χ1v) is 13.2. The van der Waals surface area contributed by atoms with Crippen LogP contribution in [0.25, 0.3) is 10.9 Å². The molecule has 1 aromatic heterocycles. The van der Waals surface area contributed by atoms with Crippen molar-refractivity contribution in [3.63, 3.8) is 0 Å². The highest BCUT2D eigenvalue weighted by molar-refractivity contribution is 7.99. The number of halogens is 1. The summed E-state index contributed by atoms with van der Waals surface area (Å²) in [4.78, 5) is 42.7. The van der Waals surface area contributed by atoms with Crippen molar-refractivity contribution in [1.29, 1.82) is 0 Å². The zero-order valence-electron chi connectivity index (χ0n) is 18.7. The van der Waals surface area contributed by atoms with Crippen molar-refractivity contribution in [1.82, 2.24) is 20.2 Å². The van der Waals surface area contributed by atoms with E-state index in [-0.39, 0.29) is 16.9 Å². The number of thioether (sulfide) groups is 1. The van der Waals surface area contributed by atoms with Crippen LogP contribution >= 0.6 is 23.4 Å². The molecule has 0 radical (unpaired) electrons. The smallest absolute Gasteiger partial charge is 0.321 e. The van der Waals surface area contributed by atoms with Crippen LogP contribution in [-0.4, -0.2) is 32.8 Å². The zero-order valence-corrected chi connectivity index (χ0v) is 20.3. The number of hydrogen-bond donors (Lipinski definition) is 2. The van der Waals surface area contributed by atoms with Crippen LogP contribution in [0, 0.1) is 17.8 Å². The van der Waals surface area contributed by atoms with Crippen LogP contribution in [0.15, 0.2) is 28.2 Å². The fraction of sp³-hybridized carbons (Fsp3) is 0.583. The molecule has 0 unspecified atom stereocenters. The van der Waals surface area contributed by atoms with Gasteiger partial charge >= 0.3 is 6.03 Å². The number of urea groups is 1. The van der Waals surface area contributed by atoms with E-state index in [1.165, 1.54) is 19.3 Å². The van der Waals surface area contributed by atoms with Crippen LogP contribution in [0.3, 0.4) is 0 Å². The molecule has 1 aromatic carbocycles. The lowest BCUT2D eigenvalue weighted by Gasteiger charge is -2.56. The minimum Gasteiger partial charge on any atom is -0.332 e. The van der Waals surface area contributed by atoms with E-state index >= 15 is 0 Å². The van der Waals surface area contributed by atoms with Gasteiger partial charge in [0, 0.05) is 17.1 Å². The van der Waals surface area contributed by atoms with Crippen molar-refractivity contribution in [2.24, 2.45) is 17.8 Å². The maximum absolute atomic E-state index is 12.9. The molecule has 1 heterocycles. The fourth-order valence-electron chi connectivity index (χ4n) is 6.53. The average Bonchev–Trinajstić information content (AvgIpc) is 2.73. The monoisotopic (exact) mass is 488 g/mol. The Morgan fingerprint density at radius 1 is 1.18 bits per heavy atom. The second kappa shape index (κ2) is 8.95. The molecular weight excluding hydrogens is 460 g/mol. The topological polar surface area (TPSA) is 93.1 Å². The quantitative estimate of drug-likeness (QED) is 0.466. The number of nitrogens with zero attached hydrogens (tertiary/aromatic N) is 2. The summed E-state index contributed by atoms with van der Waals surface area (Å²) < 4.78 is 1.59. The maximum atomic E-state index is 12.9. The number of nitrogens with one attached hydrogen (secondary N) is 2. The Hall–Kier alpha value is -2.06. The molecule has 33 heavy (non-hydrogen) atoms. The van der Waals surface area contributed by atoms with Crippen molar-refractivity contribution in [3.05, 3.63) is 33.6 Å². The Bertz CT molecular complexity index is 1130. The molecule has 2 N–H and O–H groups in total. The lowest BCUT2D eigenvalue weighted by molar-refractivity contribution is -0.117. The number of aromatic nitrogens is 2. The molecule has 176 valence electrons. The lowest BCUT2D eigenvalue weighted by Crippen LogP contribution is -2.61. The van der Waals surface area contributed by atoms with Gasteiger partial charge in [0.1, 0.15) is 0 Å². The highest BCUT2D eigenvalue weighted by atomic mass is 35.5. The molecule has 4 bridgehead atoms. The van der Waals surface area contributed by atoms with Gasteiger partial charge in [-0.2, -0.15) is 0 Å². The number of carbonyl (C=O) groups is 2. The number of carbonyl (C=O) groups excluding carboxylic acids is 2. The highest BCUT2D eigenvalue weighted by Gasteiger charge is 2.51. The first-order valence-electron chi connectivity index (χ1n) is 11.8. The van der Waals surface area contributed by atoms with E-state index in [9.17, 15) is 14.4 Å². The van der Waals surface area contributed by atoms with E-state index < -0.39 is 11.9 Å². The third-order valence-corrected chi connectivity index (χ3v) is 8.54. The van der Waals surface area contributed by atoms with Crippen molar-refractivity contribution in [2.75, 3.05) is 5.75 Å². The average molecular weight is 489 g/mol. The normalized spacial score (nSPS) is 27.6. The van der Waals surface area contributed by atoms with E-state index in [1.807, 2.05) is 6.92 Å². The maximum Gasteiger partial charge on any atom is 0.321 e. The molecule has 4 aliphatic carbocycles. The number of fused-ring (bicyclic) bond motifs is 1. The largest absolute Gasteiger partial charge is 0.332 e. The number of amides is 3. The summed E-state index contributed by atoms with van der Waals surface area (Å²) in [7, 11) is 0. The third-order valence-electron chi connectivity index (χ3n) is 7.33. The van der Waals surface area contributed by atoms with Crippen molar-refractivity contribution < 1.29 is 9.59 Å². The van der Waals surface area contributed by atoms with Crippen LogP contribution in [0.1, 0.15) is 51.9 Å². The van der Waals surface area contributed by atoms with E-state index in [2.05, 4.69) is 15.6 Å². The Kier molecular flexibility index (Phi) is 6.16. The van der Waals surface area contributed by atoms with Gasteiger partial charge in [0.15, 0.2) is 5.16 Å². The van der Waals surface area contributed by atoms with E-state index in [4.69, 9.17) is 11.6 Å². The summed E-state index contributed by atoms with van der Waals surface area (Å²) in [5, 5.41) is 7.10. The van der Waals surface area contributed by atoms with Gasteiger partial charge in [-0.25, -0.2) is 9.78 Å². The van der Waals surface area contributed by atoms with Gasteiger partial charge in [0.2, 0.25) is 5.91 Å². The summed E-state index contributed by atoms with van der Waals surface area (Å²) in [5.74, 6) is 1.74. The second-order valence-electron chi connectivity index (χ2n) is 10.0. The molecule has 4 aliphatic rings. The Labute approximate surface area is 202 Å². The molecule has 0 atom stereocenters. The first kappa shape index (κ1) is 22.7. The van der Waals surface area contributed by atoms with E-state index in [1.54, 1.807) is 22.8 Å². The van der Waals surface area contributed by atoms with Crippen LogP contribution in [0.4, 0.5) is 4.79 Å². The van der Waals surface area contributed by atoms with Crippen LogP contribution < -0.4 is 16.2 Å². The summed E-state index contributed by atoms with van der Waals surface area (Å²) in [6.07, 6.45) is 7.73. The molecule has 2 aromatic rings. The van der Waals surface area contributed by atoms with Gasteiger partial charge in [0.05, 0.1) is 16.7 Å². The minimum atomic E-state index is -0.410. The van der Waals surface area contributed by atoms with Gasteiger partial charge in [0.25, 0.3) is 5.56 Å². The predicted molar refractivity (Wildman–Crippen MR) is 130 cm³/mol. The molecule has 0 spiro atoms.